The van der Waals surface area contributed by atoms with Crippen LogP contribution in [0.3, 0.4) is 0 Å². The summed E-state index contributed by atoms with van der Waals surface area (Å²) >= 11 is 2.54. The van der Waals surface area contributed by atoms with Gasteiger partial charge in [0.1, 0.15) is 0 Å². The van der Waals surface area contributed by atoms with Gasteiger partial charge in [0.15, 0.2) is 0 Å². The number of rotatable bonds is 2. The summed E-state index contributed by atoms with van der Waals surface area (Å²) in [6.07, 6.45) is 1.23. The monoisotopic (exact) mass is 331 g/mol. The van der Waals surface area contributed by atoms with Crippen LogP contribution in [0, 0.1) is 0 Å². The Balaban J connectivity index is 2.15. The molecule has 0 aliphatic carbocycles. The Kier molecular flexibility index (Phi) is 3.59. The van der Waals surface area contributed by atoms with Crippen molar-refractivity contribution >= 4 is 34.0 Å². The zero-order valence-corrected chi connectivity index (χ0v) is 11.9. The highest BCUT2D eigenvalue weighted by molar-refractivity contribution is 14.1. The maximum absolute atomic E-state index is 5.71. The molecule has 2 unspecified atom stereocenters. The third-order valence-corrected chi connectivity index (χ3v) is 4.67. The first-order valence-corrected chi connectivity index (χ1v) is 6.77. The topological polar surface area (TPSA) is 32.5 Å². The third kappa shape index (κ3) is 2.27. The first-order valence-electron chi connectivity index (χ1n) is 5.52. The van der Waals surface area contributed by atoms with Crippen LogP contribution in [0.15, 0.2) is 24.3 Å². The van der Waals surface area contributed by atoms with Crippen molar-refractivity contribution in [2.45, 2.75) is 16.5 Å². The average molecular weight is 331 g/mol. The molecule has 0 spiro atoms. The molecule has 0 aromatic heterocycles. The maximum atomic E-state index is 5.71. The molecule has 88 valence electrons. The first kappa shape index (κ1) is 12.0. The minimum atomic E-state index is 0.538. The van der Waals surface area contributed by atoms with Gasteiger partial charge < -0.3 is 15.5 Å². The Morgan fingerprint density at radius 2 is 1.94 bits per heavy atom. The highest BCUT2D eigenvalue weighted by atomic mass is 127. The van der Waals surface area contributed by atoms with Crippen LogP contribution in [-0.4, -0.2) is 35.6 Å². The smallest absolute Gasteiger partial charge is 0.0964 e. The number of nitrogens with zero attached hydrogens (tertiary/aromatic N) is 2. The molecule has 1 aliphatic heterocycles. The molecule has 2 N–H and O–H groups in total. The number of benzene rings is 1. The fraction of sp³-hybridized carbons (Fsp3) is 0.500. The first-order chi connectivity index (χ1) is 7.59. The SMILES string of the molecule is CN(C)C1CCN(c2ccc(N)cc2)C1I. The minimum absolute atomic E-state index is 0.538. The molecule has 4 heteroatoms. The van der Waals surface area contributed by atoms with Crippen LogP contribution in [0.25, 0.3) is 0 Å². The number of halogens is 1. The molecule has 1 aromatic rings. The predicted octanol–water partition coefficient (Wildman–Crippen LogP) is 2.17. The Morgan fingerprint density at radius 1 is 1.31 bits per heavy atom. The van der Waals surface area contributed by atoms with Crippen LogP contribution in [-0.2, 0) is 0 Å². The van der Waals surface area contributed by atoms with Gasteiger partial charge in [-0.1, -0.05) is 22.6 Å². The molecule has 0 radical (unpaired) electrons. The molecule has 1 aromatic carbocycles. The van der Waals surface area contributed by atoms with E-state index >= 15 is 0 Å². The third-order valence-electron chi connectivity index (χ3n) is 3.17. The predicted molar refractivity (Wildman–Crippen MR) is 78.1 cm³/mol. The molecule has 1 heterocycles. The number of nitrogens with two attached hydrogens (primary N) is 1. The zero-order chi connectivity index (χ0) is 11.7. The largest absolute Gasteiger partial charge is 0.399 e. The van der Waals surface area contributed by atoms with E-state index in [1.54, 1.807) is 0 Å². The van der Waals surface area contributed by atoms with E-state index in [1.165, 1.54) is 12.1 Å². The highest BCUT2D eigenvalue weighted by Gasteiger charge is 2.33. The zero-order valence-electron chi connectivity index (χ0n) is 9.73. The van der Waals surface area contributed by atoms with Crippen molar-refractivity contribution in [2.24, 2.45) is 0 Å². The van der Waals surface area contributed by atoms with Crippen molar-refractivity contribution < 1.29 is 0 Å². The van der Waals surface area contributed by atoms with Crippen LogP contribution >= 0.6 is 22.6 Å². The molecular formula is C12H18IN3. The summed E-state index contributed by atoms with van der Waals surface area (Å²) in [7, 11) is 4.31. The number of hydrogen-bond donors (Lipinski definition) is 1. The lowest BCUT2D eigenvalue weighted by atomic mass is 10.2. The lowest BCUT2D eigenvalue weighted by Gasteiger charge is -2.28. The van der Waals surface area contributed by atoms with E-state index in [-0.39, 0.29) is 0 Å². The van der Waals surface area contributed by atoms with Crippen molar-refractivity contribution in [3.63, 3.8) is 0 Å². The standard InChI is InChI=1S/C12H18IN3/c1-15(2)11-7-8-16(12(11)13)10-5-3-9(14)4-6-10/h3-6,11-12H,7-8,14H2,1-2H3. The minimum Gasteiger partial charge on any atom is -0.399 e. The van der Waals surface area contributed by atoms with E-state index < -0.39 is 0 Å². The normalized spacial score (nSPS) is 25.4. The van der Waals surface area contributed by atoms with Gasteiger partial charge >= 0.3 is 0 Å². The maximum Gasteiger partial charge on any atom is 0.0964 e. The summed E-state index contributed by atoms with van der Waals surface area (Å²) in [5.41, 5.74) is 7.81. The summed E-state index contributed by atoms with van der Waals surface area (Å²) in [4.78, 5) is 4.76. The Morgan fingerprint density at radius 3 is 2.44 bits per heavy atom. The van der Waals surface area contributed by atoms with Gasteiger partial charge in [-0.25, -0.2) is 0 Å². The summed E-state index contributed by atoms with van der Waals surface area (Å²) in [6.45, 7) is 1.13. The second kappa shape index (κ2) is 4.79. The highest BCUT2D eigenvalue weighted by Crippen LogP contribution is 2.31. The summed E-state index contributed by atoms with van der Waals surface area (Å²) in [6, 6.07) is 8.81. The van der Waals surface area contributed by atoms with E-state index in [4.69, 9.17) is 5.73 Å². The van der Waals surface area contributed by atoms with E-state index in [9.17, 15) is 0 Å². The summed E-state index contributed by atoms with van der Waals surface area (Å²) < 4.78 is 0.538. The number of nitrogen functional groups attached to an aromatic ring is 1. The number of hydrogen-bond acceptors (Lipinski definition) is 3. The lowest BCUT2D eigenvalue weighted by molar-refractivity contribution is 0.310. The Bertz CT molecular complexity index is 350. The van der Waals surface area contributed by atoms with E-state index in [1.807, 2.05) is 12.1 Å². The van der Waals surface area contributed by atoms with Crippen molar-refractivity contribution in [3.05, 3.63) is 24.3 Å². The van der Waals surface area contributed by atoms with Gasteiger partial charge in [-0.3, -0.25) is 0 Å². The van der Waals surface area contributed by atoms with Crippen LogP contribution in [0.5, 0.6) is 0 Å². The summed E-state index contributed by atoms with van der Waals surface area (Å²) in [5, 5.41) is 0. The Hall–Kier alpha value is -0.490. The van der Waals surface area contributed by atoms with Crippen LogP contribution < -0.4 is 10.6 Å². The second-order valence-electron chi connectivity index (χ2n) is 4.48. The summed E-state index contributed by atoms with van der Waals surface area (Å²) in [5.74, 6) is 0. The Labute approximate surface area is 111 Å². The van der Waals surface area contributed by atoms with Crippen LogP contribution in [0.4, 0.5) is 11.4 Å². The van der Waals surface area contributed by atoms with Gasteiger partial charge in [-0.2, -0.15) is 0 Å². The van der Waals surface area contributed by atoms with Gasteiger partial charge in [0.2, 0.25) is 0 Å². The number of alkyl halides is 1. The van der Waals surface area contributed by atoms with Crippen LogP contribution in [0.1, 0.15) is 6.42 Å². The molecule has 1 aliphatic rings. The molecule has 2 rings (SSSR count). The average Bonchev–Trinajstić information content (AvgIpc) is 2.61. The molecule has 1 fully saturated rings. The van der Waals surface area contributed by atoms with Crippen molar-refractivity contribution in [1.29, 1.82) is 0 Å². The van der Waals surface area contributed by atoms with Gasteiger partial charge in [0.25, 0.3) is 0 Å². The van der Waals surface area contributed by atoms with Gasteiger partial charge in [-0.15, -0.1) is 0 Å². The van der Waals surface area contributed by atoms with E-state index in [0.29, 0.717) is 10.1 Å². The van der Waals surface area contributed by atoms with Crippen LogP contribution in [0.2, 0.25) is 0 Å². The van der Waals surface area contributed by atoms with Gasteiger partial charge in [0.05, 0.1) is 4.05 Å². The molecule has 0 bridgehead atoms. The quantitative estimate of drug-likeness (QED) is 0.390. The van der Waals surface area contributed by atoms with Crippen molar-refractivity contribution in [1.82, 2.24) is 4.90 Å². The molecule has 1 saturated heterocycles. The van der Waals surface area contributed by atoms with Gasteiger partial charge in [-0.05, 0) is 44.8 Å². The fourth-order valence-electron chi connectivity index (χ4n) is 2.18. The lowest BCUT2D eigenvalue weighted by Crippen LogP contribution is -2.37. The molecule has 3 nitrogen and oxygen atoms in total. The molecular weight excluding hydrogens is 313 g/mol. The molecule has 0 saturated carbocycles. The number of anilines is 2. The van der Waals surface area contributed by atoms with Crippen molar-refractivity contribution in [2.75, 3.05) is 31.3 Å². The van der Waals surface area contributed by atoms with Gasteiger partial charge in [0, 0.05) is 24.0 Å². The fourth-order valence-corrected chi connectivity index (χ4v) is 3.78. The number of likely N-dealkylation sites (N-methyl/N-ethyl adjacent to an activating group) is 1. The van der Waals surface area contributed by atoms with Crippen molar-refractivity contribution in [3.8, 4) is 0 Å². The van der Waals surface area contributed by atoms with E-state index in [2.05, 4.69) is 58.6 Å². The van der Waals surface area contributed by atoms with E-state index in [0.717, 1.165) is 12.2 Å². The second-order valence-corrected chi connectivity index (χ2v) is 5.75. The molecule has 16 heavy (non-hydrogen) atoms. The molecule has 0 amide bonds. The molecule has 2 atom stereocenters.